The van der Waals surface area contributed by atoms with E-state index in [4.69, 9.17) is 5.73 Å². The Labute approximate surface area is 75.6 Å². The lowest BCUT2D eigenvalue weighted by Crippen LogP contribution is -2.10. The van der Waals surface area contributed by atoms with E-state index in [2.05, 4.69) is 22.0 Å². The number of hydrogen-bond donors (Lipinski definition) is 1. The van der Waals surface area contributed by atoms with Crippen molar-refractivity contribution in [1.82, 2.24) is 19.6 Å². The van der Waals surface area contributed by atoms with Gasteiger partial charge in [0.05, 0.1) is 0 Å². The third-order valence-electron chi connectivity index (χ3n) is 2.08. The minimum atomic E-state index is 0.307. The highest BCUT2D eigenvalue weighted by Crippen LogP contribution is 2.11. The van der Waals surface area contributed by atoms with E-state index in [0.29, 0.717) is 18.2 Å². The van der Waals surface area contributed by atoms with Crippen molar-refractivity contribution < 1.29 is 0 Å². The van der Waals surface area contributed by atoms with Crippen LogP contribution in [0.2, 0.25) is 0 Å². The zero-order valence-corrected chi connectivity index (χ0v) is 7.38. The normalized spacial score (nSPS) is 13.4. The summed E-state index contributed by atoms with van der Waals surface area (Å²) in [5.41, 5.74) is 6.63. The molecule has 2 heterocycles. The third kappa shape index (κ3) is 1.38. The fourth-order valence-electron chi connectivity index (χ4n) is 1.12. The summed E-state index contributed by atoms with van der Waals surface area (Å²) in [5.74, 6) is 0.925. The highest BCUT2D eigenvalue weighted by Gasteiger charge is 2.05. The molecule has 68 valence electrons. The van der Waals surface area contributed by atoms with Crippen molar-refractivity contribution in [2.75, 3.05) is 6.54 Å². The molecule has 2 aromatic rings. The van der Waals surface area contributed by atoms with Gasteiger partial charge < -0.3 is 5.73 Å². The molecule has 0 aliphatic heterocycles. The fraction of sp³-hybridized carbons (Fsp3) is 0.375. The molecule has 0 aromatic carbocycles. The maximum Gasteiger partial charge on any atom is 0.252 e. The maximum absolute atomic E-state index is 5.55. The van der Waals surface area contributed by atoms with Crippen LogP contribution in [-0.4, -0.2) is 26.1 Å². The smallest absolute Gasteiger partial charge is 0.252 e. The SMILES string of the molecule is CC(CN)c1cnc2ncnn2c1. The Balaban J connectivity index is 2.48. The second kappa shape index (κ2) is 3.10. The molecule has 0 aliphatic carbocycles. The lowest BCUT2D eigenvalue weighted by molar-refractivity contribution is 0.753. The number of nitrogens with two attached hydrogens (primary N) is 1. The molecule has 13 heavy (non-hydrogen) atoms. The molecule has 0 saturated carbocycles. The molecule has 1 atom stereocenters. The van der Waals surface area contributed by atoms with E-state index in [1.165, 1.54) is 6.33 Å². The van der Waals surface area contributed by atoms with E-state index in [-0.39, 0.29) is 0 Å². The largest absolute Gasteiger partial charge is 0.330 e. The number of fused-ring (bicyclic) bond motifs is 1. The van der Waals surface area contributed by atoms with Crippen LogP contribution in [0.1, 0.15) is 18.4 Å². The van der Waals surface area contributed by atoms with E-state index in [9.17, 15) is 0 Å². The molecular formula is C8H11N5. The van der Waals surface area contributed by atoms with E-state index in [0.717, 1.165) is 5.56 Å². The highest BCUT2D eigenvalue weighted by atomic mass is 15.3. The molecule has 1 unspecified atom stereocenters. The number of rotatable bonds is 2. The van der Waals surface area contributed by atoms with Crippen molar-refractivity contribution in [3.63, 3.8) is 0 Å². The monoisotopic (exact) mass is 177 g/mol. The van der Waals surface area contributed by atoms with Crippen LogP contribution in [0.25, 0.3) is 5.78 Å². The predicted molar refractivity (Wildman–Crippen MR) is 48.3 cm³/mol. The number of nitrogens with zero attached hydrogens (tertiary/aromatic N) is 4. The minimum absolute atomic E-state index is 0.307. The van der Waals surface area contributed by atoms with Crippen molar-refractivity contribution in [2.24, 2.45) is 5.73 Å². The topological polar surface area (TPSA) is 69.1 Å². The Kier molecular flexibility index (Phi) is 1.94. The molecule has 0 saturated heterocycles. The summed E-state index contributed by atoms with van der Waals surface area (Å²) in [7, 11) is 0. The summed E-state index contributed by atoms with van der Waals surface area (Å²) >= 11 is 0. The zero-order valence-electron chi connectivity index (χ0n) is 7.38. The summed E-state index contributed by atoms with van der Waals surface area (Å²) in [6.07, 6.45) is 5.19. The lowest BCUT2D eigenvalue weighted by Gasteiger charge is -2.06. The van der Waals surface area contributed by atoms with Crippen LogP contribution in [-0.2, 0) is 0 Å². The minimum Gasteiger partial charge on any atom is -0.330 e. The first-order valence-corrected chi connectivity index (χ1v) is 4.16. The van der Waals surface area contributed by atoms with Crippen LogP contribution in [0.4, 0.5) is 0 Å². The third-order valence-corrected chi connectivity index (χ3v) is 2.08. The Morgan fingerprint density at radius 1 is 1.54 bits per heavy atom. The van der Waals surface area contributed by atoms with Gasteiger partial charge in [0.2, 0.25) is 0 Å². The quantitative estimate of drug-likeness (QED) is 0.710. The van der Waals surface area contributed by atoms with Crippen LogP contribution in [0.3, 0.4) is 0 Å². The first-order valence-electron chi connectivity index (χ1n) is 4.16. The Morgan fingerprint density at radius 2 is 2.38 bits per heavy atom. The van der Waals surface area contributed by atoms with E-state index in [1.54, 1.807) is 10.7 Å². The van der Waals surface area contributed by atoms with Crippen LogP contribution >= 0.6 is 0 Å². The van der Waals surface area contributed by atoms with Gasteiger partial charge in [-0.1, -0.05) is 6.92 Å². The van der Waals surface area contributed by atoms with Gasteiger partial charge in [0.25, 0.3) is 5.78 Å². The van der Waals surface area contributed by atoms with Crippen LogP contribution < -0.4 is 5.73 Å². The first-order chi connectivity index (χ1) is 6.31. The summed E-state index contributed by atoms with van der Waals surface area (Å²) in [6, 6.07) is 0. The van der Waals surface area contributed by atoms with Gasteiger partial charge in [0, 0.05) is 12.4 Å². The first kappa shape index (κ1) is 8.12. The Hall–Kier alpha value is -1.49. The van der Waals surface area contributed by atoms with Gasteiger partial charge in [-0.05, 0) is 18.0 Å². The molecule has 5 nitrogen and oxygen atoms in total. The molecule has 2 aromatic heterocycles. The summed E-state index contributed by atoms with van der Waals surface area (Å²) in [5, 5.41) is 4.00. The van der Waals surface area contributed by atoms with Crippen molar-refractivity contribution >= 4 is 5.78 Å². The molecule has 0 bridgehead atoms. The number of aromatic nitrogens is 4. The van der Waals surface area contributed by atoms with Crippen LogP contribution in [0.15, 0.2) is 18.7 Å². The molecule has 0 spiro atoms. The average Bonchev–Trinajstić information content (AvgIpc) is 2.63. The van der Waals surface area contributed by atoms with Crippen molar-refractivity contribution in [3.05, 3.63) is 24.3 Å². The standard InChI is InChI=1S/C8H11N5/c1-6(2-9)7-3-10-8-11-5-12-13(8)4-7/h3-6H,2,9H2,1H3. The van der Waals surface area contributed by atoms with E-state index >= 15 is 0 Å². The molecule has 5 heteroatoms. The van der Waals surface area contributed by atoms with Gasteiger partial charge in [-0.3, -0.25) is 0 Å². The average molecular weight is 177 g/mol. The highest BCUT2D eigenvalue weighted by molar-refractivity contribution is 5.26. The molecule has 0 fully saturated rings. The van der Waals surface area contributed by atoms with Crippen molar-refractivity contribution in [2.45, 2.75) is 12.8 Å². The fourth-order valence-corrected chi connectivity index (χ4v) is 1.12. The Morgan fingerprint density at radius 3 is 3.15 bits per heavy atom. The molecule has 0 radical (unpaired) electrons. The van der Waals surface area contributed by atoms with E-state index in [1.807, 2.05) is 6.20 Å². The second-order valence-corrected chi connectivity index (χ2v) is 3.03. The van der Waals surface area contributed by atoms with Crippen LogP contribution in [0, 0.1) is 0 Å². The lowest BCUT2D eigenvalue weighted by atomic mass is 10.1. The molecule has 2 rings (SSSR count). The van der Waals surface area contributed by atoms with Gasteiger partial charge in [-0.25, -0.2) is 9.50 Å². The summed E-state index contributed by atoms with van der Waals surface area (Å²) in [6.45, 7) is 2.67. The van der Waals surface area contributed by atoms with Gasteiger partial charge >= 0.3 is 0 Å². The molecule has 0 aliphatic rings. The molecular weight excluding hydrogens is 166 g/mol. The maximum atomic E-state index is 5.55. The number of hydrogen-bond acceptors (Lipinski definition) is 4. The van der Waals surface area contributed by atoms with Crippen molar-refractivity contribution in [1.29, 1.82) is 0 Å². The Bertz CT molecular complexity index is 408. The van der Waals surface area contributed by atoms with Crippen molar-refractivity contribution in [3.8, 4) is 0 Å². The van der Waals surface area contributed by atoms with Gasteiger partial charge in [-0.15, -0.1) is 0 Å². The zero-order chi connectivity index (χ0) is 9.26. The van der Waals surface area contributed by atoms with Gasteiger partial charge in [0.1, 0.15) is 6.33 Å². The van der Waals surface area contributed by atoms with Gasteiger partial charge in [0.15, 0.2) is 0 Å². The summed E-state index contributed by atoms with van der Waals surface area (Å²) in [4.78, 5) is 8.10. The second-order valence-electron chi connectivity index (χ2n) is 3.03. The van der Waals surface area contributed by atoms with E-state index < -0.39 is 0 Å². The molecule has 2 N–H and O–H groups in total. The summed E-state index contributed by atoms with van der Waals surface area (Å²) < 4.78 is 1.65. The predicted octanol–water partition coefficient (Wildman–Crippen LogP) is 0.186. The van der Waals surface area contributed by atoms with Gasteiger partial charge in [-0.2, -0.15) is 10.1 Å². The van der Waals surface area contributed by atoms with Crippen LogP contribution in [0.5, 0.6) is 0 Å². The molecule has 0 amide bonds.